The third-order valence-electron chi connectivity index (χ3n) is 4.20. The van der Waals surface area contributed by atoms with Crippen LogP contribution < -0.4 is 10.1 Å². The number of carbonyl (C=O) groups is 1. The van der Waals surface area contributed by atoms with Crippen LogP contribution >= 0.6 is 0 Å². The van der Waals surface area contributed by atoms with E-state index in [2.05, 4.69) is 20.4 Å². The average molecular weight is 417 g/mol. The Labute approximate surface area is 175 Å². The number of nitro benzene ring substituents is 1. The summed E-state index contributed by atoms with van der Waals surface area (Å²) in [6.45, 7) is -0.413. The molecule has 0 aliphatic heterocycles. The van der Waals surface area contributed by atoms with Crippen molar-refractivity contribution >= 4 is 17.3 Å². The Morgan fingerprint density at radius 3 is 2.71 bits per heavy atom. The van der Waals surface area contributed by atoms with Crippen molar-refractivity contribution in [2.24, 2.45) is 0 Å². The molecule has 2 heterocycles. The highest BCUT2D eigenvalue weighted by molar-refractivity contribution is 5.95. The van der Waals surface area contributed by atoms with Gasteiger partial charge in [0.15, 0.2) is 12.4 Å². The molecule has 4 aromatic rings. The van der Waals surface area contributed by atoms with E-state index in [0.29, 0.717) is 22.6 Å². The highest BCUT2D eigenvalue weighted by Gasteiger charge is 2.17. The van der Waals surface area contributed by atoms with E-state index in [1.54, 1.807) is 54.9 Å². The minimum Gasteiger partial charge on any atom is -0.477 e. The van der Waals surface area contributed by atoms with E-state index >= 15 is 0 Å². The molecular weight excluding hydrogens is 402 g/mol. The van der Waals surface area contributed by atoms with E-state index in [1.807, 2.05) is 0 Å². The number of aromatic nitrogens is 3. The van der Waals surface area contributed by atoms with Crippen LogP contribution in [-0.4, -0.2) is 32.6 Å². The Balaban J connectivity index is 1.49. The number of benzene rings is 2. The van der Waals surface area contributed by atoms with Gasteiger partial charge in [-0.05, 0) is 30.3 Å². The molecular formula is C21H15N5O5. The monoisotopic (exact) mass is 417 g/mol. The summed E-state index contributed by atoms with van der Waals surface area (Å²) in [5.74, 6) is 0.0878. The molecule has 1 N–H and O–H groups in total. The number of hydrogen-bond donors (Lipinski definition) is 1. The largest absolute Gasteiger partial charge is 0.477 e. The van der Waals surface area contributed by atoms with Crippen molar-refractivity contribution in [3.63, 3.8) is 0 Å². The zero-order valence-corrected chi connectivity index (χ0v) is 16.0. The van der Waals surface area contributed by atoms with Gasteiger partial charge in [0, 0.05) is 24.0 Å². The smallest absolute Gasteiger partial charge is 0.310 e. The van der Waals surface area contributed by atoms with Crippen LogP contribution in [0.1, 0.15) is 0 Å². The van der Waals surface area contributed by atoms with E-state index in [9.17, 15) is 14.9 Å². The molecule has 0 atom stereocenters. The Hall–Kier alpha value is -4.60. The van der Waals surface area contributed by atoms with Crippen LogP contribution in [0.3, 0.4) is 0 Å². The molecule has 2 aromatic carbocycles. The fourth-order valence-corrected chi connectivity index (χ4v) is 2.78. The molecule has 154 valence electrons. The van der Waals surface area contributed by atoms with Gasteiger partial charge in [-0.3, -0.25) is 19.9 Å². The van der Waals surface area contributed by atoms with Gasteiger partial charge in [-0.1, -0.05) is 29.4 Å². The summed E-state index contributed by atoms with van der Waals surface area (Å²) in [5, 5.41) is 17.7. The summed E-state index contributed by atoms with van der Waals surface area (Å²) in [6.07, 6.45) is 3.25. The lowest BCUT2D eigenvalue weighted by Crippen LogP contribution is -2.20. The zero-order valence-electron chi connectivity index (χ0n) is 16.0. The molecule has 0 radical (unpaired) electrons. The Kier molecular flexibility index (Phi) is 5.61. The SMILES string of the molecule is O=C(COc1ccccc1[N+](=O)[O-])Nc1ccccc1-c1nc(-c2cccnc2)no1. The van der Waals surface area contributed by atoms with E-state index in [-0.39, 0.29) is 17.3 Å². The summed E-state index contributed by atoms with van der Waals surface area (Å²) in [4.78, 5) is 31.3. The normalized spacial score (nSPS) is 10.5. The first-order valence-electron chi connectivity index (χ1n) is 9.11. The van der Waals surface area contributed by atoms with Gasteiger partial charge in [0.2, 0.25) is 5.82 Å². The maximum absolute atomic E-state index is 12.4. The van der Waals surface area contributed by atoms with Gasteiger partial charge in [-0.2, -0.15) is 4.98 Å². The number of ether oxygens (including phenoxy) is 1. The molecule has 1 amide bonds. The quantitative estimate of drug-likeness (QED) is 0.355. The fourth-order valence-electron chi connectivity index (χ4n) is 2.78. The maximum Gasteiger partial charge on any atom is 0.310 e. The molecule has 0 bridgehead atoms. The van der Waals surface area contributed by atoms with Gasteiger partial charge in [0.25, 0.3) is 11.8 Å². The Morgan fingerprint density at radius 1 is 1.10 bits per heavy atom. The van der Waals surface area contributed by atoms with Crippen molar-refractivity contribution in [3.05, 3.63) is 83.2 Å². The van der Waals surface area contributed by atoms with Crippen LogP contribution in [0.25, 0.3) is 22.8 Å². The number of pyridine rings is 1. The molecule has 10 heteroatoms. The first kappa shape index (κ1) is 19.7. The van der Waals surface area contributed by atoms with Crippen molar-refractivity contribution in [1.29, 1.82) is 0 Å². The molecule has 4 rings (SSSR count). The van der Waals surface area contributed by atoms with Gasteiger partial charge in [-0.15, -0.1) is 0 Å². The maximum atomic E-state index is 12.4. The summed E-state index contributed by atoms with van der Waals surface area (Å²) in [7, 11) is 0. The summed E-state index contributed by atoms with van der Waals surface area (Å²) in [6, 6.07) is 16.3. The second-order valence-electron chi connectivity index (χ2n) is 6.27. The average Bonchev–Trinajstić information content (AvgIpc) is 3.29. The molecule has 0 fully saturated rings. The van der Waals surface area contributed by atoms with E-state index in [0.717, 1.165) is 0 Å². The first-order chi connectivity index (χ1) is 15.1. The number of nitro groups is 1. The summed E-state index contributed by atoms with van der Waals surface area (Å²) >= 11 is 0. The molecule has 31 heavy (non-hydrogen) atoms. The fraction of sp³-hybridized carbons (Fsp3) is 0.0476. The number of nitrogens with zero attached hydrogens (tertiary/aromatic N) is 4. The molecule has 0 spiro atoms. The lowest BCUT2D eigenvalue weighted by atomic mass is 10.1. The van der Waals surface area contributed by atoms with Gasteiger partial charge in [0.1, 0.15) is 0 Å². The van der Waals surface area contributed by atoms with Crippen molar-refractivity contribution in [2.45, 2.75) is 0 Å². The molecule has 0 saturated carbocycles. The van der Waals surface area contributed by atoms with Gasteiger partial charge in [0.05, 0.1) is 16.2 Å². The summed E-state index contributed by atoms with van der Waals surface area (Å²) in [5.41, 5.74) is 1.42. The predicted octanol–water partition coefficient (Wildman–Crippen LogP) is 3.72. The number of amides is 1. The highest BCUT2D eigenvalue weighted by Crippen LogP contribution is 2.29. The van der Waals surface area contributed by atoms with Crippen molar-refractivity contribution in [2.75, 3.05) is 11.9 Å². The number of hydrogen-bond acceptors (Lipinski definition) is 8. The van der Waals surface area contributed by atoms with Crippen molar-refractivity contribution in [3.8, 4) is 28.6 Å². The van der Waals surface area contributed by atoms with Crippen LogP contribution in [0.5, 0.6) is 5.75 Å². The van der Waals surface area contributed by atoms with Crippen LogP contribution in [0.4, 0.5) is 11.4 Å². The number of anilines is 1. The van der Waals surface area contributed by atoms with Crippen molar-refractivity contribution in [1.82, 2.24) is 15.1 Å². The molecule has 0 aliphatic carbocycles. The Bertz CT molecular complexity index is 1230. The van der Waals surface area contributed by atoms with Crippen LogP contribution in [-0.2, 0) is 4.79 Å². The van der Waals surface area contributed by atoms with Gasteiger partial charge >= 0.3 is 5.69 Å². The van der Waals surface area contributed by atoms with Crippen LogP contribution in [0.2, 0.25) is 0 Å². The van der Waals surface area contributed by atoms with Crippen molar-refractivity contribution < 1.29 is 19.0 Å². The number of rotatable bonds is 7. The molecule has 0 aliphatic rings. The molecule has 0 saturated heterocycles. The predicted molar refractivity (Wildman–Crippen MR) is 110 cm³/mol. The molecule has 0 unspecified atom stereocenters. The van der Waals surface area contributed by atoms with E-state index in [1.165, 1.54) is 18.2 Å². The number of nitrogens with one attached hydrogen (secondary N) is 1. The topological polar surface area (TPSA) is 133 Å². The standard InChI is InChI=1S/C21H15N5O5/c27-19(13-30-18-10-4-3-9-17(18)26(28)29)23-16-8-2-1-7-15(16)21-24-20(25-31-21)14-6-5-11-22-12-14/h1-12H,13H2,(H,23,27). The second kappa shape index (κ2) is 8.82. The molecule has 2 aromatic heterocycles. The van der Waals surface area contributed by atoms with Gasteiger partial charge < -0.3 is 14.6 Å². The highest BCUT2D eigenvalue weighted by atomic mass is 16.6. The Morgan fingerprint density at radius 2 is 1.90 bits per heavy atom. The molecule has 10 nitrogen and oxygen atoms in total. The third kappa shape index (κ3) is 4.53. The lowest BCUT2D eigenvalue weighted by Gasteiger charge is -2.10. The minimum absolute atomic E-state index is 0.00829. The first-order valence-corrected chi connectivity index (χ1v) is 9.11. The van der Waals surface area contributed by atoms with E-state index in [4.69, 9.17) is 9.26 Å². The second-order valence-corrected chi connectivity index (χ2v) is 6.27. The van der Waals surface area contributed by atoms with E-state index < -0.39 is 17.4 Å². The third-order valence-corrected chi connectivity index (χ3v) is 4.20. The number of para-hydroxylation sites is 3. The number of carbonyl (C=O) groups excluding carboxylic acids is 1. The van der Waals surface area contributed by atoms with Crippen LogP contribution in [0.15, 0.2) is 77.6 Å². The zero-order chi connectivity index (χ0) is 21.6. The minimum atomic E-state index is -0.571. The van der Waals surface area contributed by atoms with Gasteiger partial charge in [-0.25, -0.2) is 0 Å². The van der Waals surface area contributed by atoms with Crippen LogP contribution in [0, 0.1) is 10.1 Å². The lowest BCUT2D eigenvalue weighted by molar-refractivity contribution is -0.385. The summed E-state index contributed by atoms with van der Waals surface area (Å²) < 4.78 is 10.7.